The number of fused-ring (bicyclic) bond motifs is 5. The molecule has 8 nitrogen and oxygen atoms in total. The maximum atomic E-state index is 13.7. The van der Waals surface area contributed by atoms with Crippen LogP contribution in [0.25, 0.3) is 22.3 Å². The van der Waals surface area contributed by atoms with Crippen molar-refractivity contribution in [3.05, 3.63) is 129 Å². The number of carbonyl (C=O) groups is 1. The minimum atomic E-state index is -1.85. The Morgan fingerprint density at radius 2 is 1.69 bits per heavy atom. The third-order valence-electron chi connectivity index (χ3n) is 8.95. The Kier molecular flexibility index (Phi) is 7.52. The van der Waals surface area contributed by atoms with Crippen LogP contribution in [-0.2, 0) is 34.7 Å². The van der Waals surface area contributed by atoms with Gasteiger partial charge in [0.05, 0.1) is 35.1 Å². The smallest absolute Gasteiger partial charge is 0.343 e. The molecule has 0 saturated carbocycles. The van der Waals surface area contributed by atoms with Gasteiger partial charge in [-0.3, -0.25) is 9.88 Å². The van der Waals surface area contributed by atoms with Gasteiger partial charge in [0.15, 0.2) is 13.9 Å². The van der Waals surface area contributed by atoms with Gasteiger partial charge in [-0.25, -0.2) is 9.78 Å². The first-order valence-electron chi connectivity index (χ1n) is 15.2. The molecule has 0 bridgehead atoms. The Labute approximate surface area is 262 Å². The molecule has 2 aliphatic heterocycles. The fourth-order valence-electron chi connectivity index (χ4n) is 6.60. The van der Waals surface area contributed by atoms with Gasteiger partial charge in [-0.05, 0) is 53.8 Å². The molecule has 2 aromatic heterocycles. The van der Waals surface area contributed by atoms with Crippen LogP contribution in [0.1, 0.15) is 59.7 Å². The summed E-state index contributed by atoms with van der Waals surface area (Å²) in [6.07, 6.45) is 0.839. The van der Waals surface area contributed by atoms with Crippen LogP contribution in [0.3, 0.4) is 0 Å². The van der Waals surface area contributed by atoms with Crippen molar-refractivity contribution in [3.8, 4) is 17.1 Å². The summed E-state index contributed by atoms with van der Waals surface area (Å²) in [5, 5.41) is 15.9. The molecule has 0 amide bonds. The van der Waals surface area contributed by atoms with Crippen molar-refractivity contribution in [3.63, 3.8) is 0 Å². The monoisotopic (exact) mass is 619 g/mol. The highest BCUT2D eigenvalue weighted by Gasteiger charge is 2.45. The molecule has 4 heterocycles. The first kappa shape index (κ1) is 29.4. The molecule has 0 spiro atoms. The van der Waals surface area contributed by atoms with Crippen molar-refractivity contribution < 1.29 is 19.2 Å². The van der Waals surface area contributed by atoms with Crippen LogP contribution in [0.4, 0.5) is 0 Å². The van der Waals surface area contributed by atoms with Crippen LogP contribution < -0.4 is 15.2 Å². The van der Waals surface area contributed by atoms with E-state index in [9.17, 15) is 14.7 Å². The number of rotatable bonds is 8. The normalized spacial score (nSPS) is 17.5. The van der Waals surface area contributed by atoms with Crippen LogP contribution in [0, 0.1) is 0 Å². The highest BCUT2D eigenvalue weighted by Crippen LogP contribution is 2.42. The van der Waals surface area contributed by atoms with Crippen molar-refractivity contribution in [2.75, 3.05) is 6.66 Å². The first-order valence-corrected chi connectivity index (χ1v) is 16.9. The maximum Gasteiger partial charge on any atom is 0.343 e. The van der Waals surface area contributed by atoms with Crippen LogP contribution in [-0.4, -0.2) is 27.3 Å². The number of aliphatic hydroxyl groups is 1. The average Bonchev–Trinajstić information content (AvgIpc) is 3.43. The number of esters is 1. The van der Waals surface area contributed by atoms with Crippen molar-refractivity contribution in [1.29, 1.82) is 0 Å². The summed E-state index contributed by atoms with van der Waals surface area (Å²) in [6, 6.07) is 28.4. The van der Waals surface area contributed by atoms with Gasteiger partial charge in [-0.2, -0.15) is 0 Å². The summed E-state index contributed by atoms with van der Waals surface area (Å²) in [4.78, 5) is 31.2. The Hall–Kier alpha value is -4.36. The van der Waals surface area contributed by atoms with Gasteiger partial charge in [0.1, 0.15) is 12.4 Å². The summed E-state index contributed by atoms with van der Waals surface area (Å²) in [5.74, 6) is 0.0179. The van der Waals surface area contributed by atoms with Gasteiger partial charge in [-0.1, -0.05) is 74.5 Å². The molecule has 45 heavy (non-hydrogen) atoms. The van der Waals surface area contributed by atoms with Crippen molar-refractivity contribution in [2.24, 2.45) is 0 Å². The van der Waals surface area contributed by atoms with Crippen LogP contribution in [0.5, 0.6) is 5.75 Å². The second-order valence-electron chi connectivity index (χ2n) is 11.5. The Morgan fingerprint density at radius 3 is 2.33 bits per heavy atom. The van der Waals surface area contributed by atoms with Crippen molar-refractivity contribution in [2.45, 2.75) is 51.5 Å². The molecule has 0 fully saturated rings. The summed E-state index contributed by atoms with van der Waals surface area (Å²) in [6.45, 7) is 6.09. The van der Waals surface area contributed by atoms with Crippen molar-refractivity contribution >= 4 is 25.2 Å². The van der Waals surface area contributed by atoms with Crippen LogP contribution >= 0.6 is 8.30 Å². The van der Waals surface area contributed by atoms with E-state index >= 15 is 0 Å². The largest absolute Gasteiger partial charge is 0.458 e. The zero-order chi connectivity index (χ0) is 31.3. The minimum Gasteiger partial charge on any atom is -0.458 e. The number of carbonyl (C=O) groups excluding carboxylic acids is 1. The summed E-state index contributed by atoms with van der Waals surface area (Å²) in [5.41, 5.74) is 5.04. The number of cyclic esters (lactones) is 1. The first-order chi connectivity index (χ1) is 21.8. The zero-order valence-corrected chi connectivity index (χ0v) is 26.3. The van der Waals surface area contributed by atoms with Crippen LogP contribution in [0.15, 0.2) is 89.7 Å². The number of nitrogens with one attached hydrogen (secondary N) is 1. The van der Waals surface area contributed by atoms with E-state index in [0.717, 1.165) is 45.3 Å². The fraction of sp³-hybridized carbons (Fsp3) is 0.250. The minimum absolute atomic E-state index is 0.0196. The fourth-order valence-corrected chi connectivity index (χ4v) is 7.74. The van der Waals surface area contributed by atoms with E-state index in [1.165, 1.54) is 0 Å². The lowest BCUT2D eigenvalue weighted by Crippen LogP contribution is -2.44. The molecule has 2 N–H and O–H groups in total. The molecule has 7 rings (SSSR count). The number of hydrogen-bond donors (Lipinski definition) is 2. The standard InChI is InChI=1S/C36H34N3O5P/c1-4-25-26-18-24(44-45(3)38-32(22-12-8-6-9-13-22)23-14-10-7-11-15-23)16-17-30(26)37-33-27(25)20-39-31(33)19-29-28(34(39)40)21-43-35(41)36(29,42)5-2/h6-19,32,38,42H,4-5,20-21H2,1-3H3. The number of benzene rings is 3. The van der Waals surface area contributed by atoms with Gasteiger partial charge in [0, 0.05) is 23.2 Å². The van der Waals surface area contributed by atoms with E-state index in [4.69, 9.17) is 14.2 Å². The van der Waals surface area contributed by atoms with Gasteiger partial charge in [0.2, 0.25) is 0 Å². The van der Waals surface area contributed by atoms with Gasteiger partial charge < -0.3 is 18.9 Å². The molecule has 0 aliphatic carbocycles. The number of nitrogens with zero attached hydrogens (tertiary/aromatic N) is 2. The molecule has 0 radical (unpaired) electrons. The summed E-state index contributed by atoms with van der Waals surface area (Å²) < 4.78 is 13.4. The molecular formula is C36H34N3O5P. The molecule has 0 saturated heterocycles. The van der Waals surface area contributed by atoms with E-state index < -0.39 is 19.9 Å². The maximum absolute atomic E-state index is 13.7. The highest BCUT2D eigenvalue weighted by atomic mass is 31.2. The third-order valence-corrected chi connectivity index (χ3v) is 10.1. The van der Waals surface area contributed by atoms with E-state index in [2.05, 4.69) is 42.9 Å². The van der Waals surface area contributed by atoms with Gasteiger partial charge in [0.25, 0.3) is 5.56 Å². The zero-order valence-electron chi connectivity index (χ0n) is 25.4. The Balaban J connectivity index is 1.23. The van der Waals surface area contributed by atoms with E-state index in [-0.39, 0.29) is 24.6 Å². The summed E-state index contributed by atoms with van der Waals surface area (Å²) >= 11 is 0. The number of ether oxygens (including phenoxy) is 1. The lowest BCUT2D eigenvalue weighted by atomic mass is 9.86. The predicted molar refractivity (Wildman–Crippen MR) is 175 cm³/mol. The van der Waals surface area contributed by atoms with Crippen LogP contribution in [0.2, 0.25) is 0 Å². The van der Waals surface area contributed by atoms with E-state index in [1.807, 2.05) is 54.6 Å². The van der Waals surface area contributed by atoms with Gasteiger partial charge in [-0.15, -0.1) is 0 Å². The number of hydrogen-bond acceptors (Lipinski definition) is 7. The molecule has 2 atom stereocenters. The quantitative estimate of drug-likeness (QED) is 0.151. The molecule has 5 aromatic rings. The molecule has 228 valence electrons. The van der Waals surface area contributed by atoms with E-state index in [1.54, 1.807) is 17.6 Å². The molecule has 9 heteroatoms. The number of pyridine rings is 2. The summed E-state index contributed by atoms with van der Waals surface area (Å²) in [7, 11) is -1.06. The van der Waals surface area contributed by atoms with Crippen molar-refractivity contribution in [1.82, 2.24) is 14.6 Å². The molecule has 2 aliphatic rings. The molecule has 2 unspecified atom stereocenters. The Bertz CT molecular complexity index is 1960. The molecular weight excluding hydrogens is 585 g/mol. The third kappa shape index (κ3) is 4.94. The number of aryl methyl sites for hydroxylation is 1. The lowest BCUT2D eigenvalue weighted by Gasteiger charge is -2.31. The molecule has 3 aromatic carbocycles. The highest BCUT2D eigenvalue weighted by molar-refractivity contribution is 7.49. The predicted octanol–water partition coefficient (Wildman–Crippen LogP) is 6.34. The lowest BCUT2D eigenvalue weighted by molar-refractivity contribution is -0.172. The Morgan fingerprint density at radius 1 is 1.00 bits per heavy atom. The second kappa shape index (κ2) is 11.5. The SMILES string of the molecule is CCc1c2c(nc3ccc(OP(C)NC(c4ccccc4)c4ccccc4)cc13)-c1cc3c(c(=O)n1C2)COC(=O)C3(O)CC. The second-order valence-corrected chi connectivity index (χ2v) is 13.0. The topological polar surface area (TPSA) is 103 Å². The number of aromatic nitrogens is 2. The average molecular weight is 620 g/mol. The van der Waals surface area contributed by atoms with E-state index in [0.29, 0.717) is 29.1 Å². The van der Waals surface area contributed by atoms with Gasteiger partial charge >= 0.3 is 5.97 Å².